The van der Waals surface area contributed by atoms with Crippen molar-refractivity contribution in [3.63, 3.8) is 0 Å². The van der Waals surface area contributed by atoms with E-state index in [1.807, 2.05) is 18.2 Å². The molecule has 1 rings (SSSR count). The number of rotatable bonds is 9. The van der Waals surface area contributed by atoms with Gasteiger partial charge in [0.15, 0.2) is 5.96 Å². The average Bonchev–Trinajstić information content (AvgIpc) is 2.51. The molecule has 0 bridgehead atoms. The van der Waals surface area contributed by atoms with Crippen LogP contribution >= 0.6 is 24.0 Å². The van der Waals surface area contributed by atoms with E-state index in [0.717, 1.165) is 30.4 Å². The summed E-state index contributed by atoms with van der Waals surface area (Å²) >= 11 is 0. The molecule has 132 valence electrons. The van der Waals surface area contributed by atoms with Crippen molar-refractivity contribution in [1.29, 1.82) is 0 Å². The molecule has 1 aromatic rings. The van der Waals surface area contributed by atoms with E-state index in [1.165, 1.54) is 0 Å². The second kappa shape index (κ2) is 13.4. The topological polar surface area (TPSA) is 54.9 Å². The van der Waals surface area contributed by atoms with Crippen molar-refractivity contribution in [1.82, 2.24) is 10.6 Å². The number of hydrogen-bond acceptors (Lipinski definition) is 3. The maximum Gasteiger partial charge on any atom is 0.191 e. The molecule has 0 heterocycles. The van der Waals surface area contributed by atoms with Crippen molar-refractivity contribution in [2.45, 2.75) is 27.3 Å². The van der Waals surface area contributed by atoms with Gasteiger partial charge in [0.25, 0.3) is 0 Å². The van der Waals surface area contributed by atoms with Crippen LogP contribution in [-0.4, -0.2) is 39.4 Å². The molecule has 0 saturated heterocycles. The maximum absolute atomic E-state index is 5.62. The minimum Gasteiger partial charge on any atom is -0.491 e. The number of benzene rings is 1. The van der Waals surface area contributed by atoms with Gasteiger partial charge in [-0.3, -0.25) is 0 Å². The first-order valence-electron chi connectivity index (χ1n) is 7.88. The lowest BCUT2D eigenvalue weighted by Gasteiger charge is -2.13. The van der Waals surface area contributed by atoms with E-state index >= 15 is 0 Å². The molecule has 0 amide bonds. The molecule has 5 nitrogen and oxygen atoms in total. The molecule has 0 aliphatic heterocycles. The van der Waals surface area contributed by atoms with Crippen molar-refractivity contribution < 1.29 is 9.47 Å². The second-order valence-electron chi connectivity index (χ2n) is 5.46. The lowest BCUT2D eigenvalue weighted by atomic mass is 10.2. The van der Waals surface area contributed by atoms with E-state index in [0.29, 0.717) is 25.7 Å². The molecular weight excluding hydrogens is 405 g/mol. The van der Waals surface area contributed by atoms with Gasteiger partial charge in [0.1, 0.15) is 12.4 Å². The number of methoxy groups -OCH3 is 1. The second-order valence-corrected chi connectivity index (χ2v) is 5.46. The number of nitrogens with zero attached hydrogens (tertiary/aromatic N) is 1. The first-order valence-corrected chi connectivity index (χ1v) is 7.88. The normalized spacial score (nSPS) is 11.1. The van der Waals surface area contributed by atoms with E-state index < -0.39 is 0 Å². The van der Waals surface area contributed by atoms with Crippen LogP contribution in [-0.2, 0) is 11.3 Å². The Morgan fingerprint density at radius 3 is 2.65 bits per heavy atom. The summed E-state index contributed by atoms with van der Waals surface area (Å²) in [6.07, 6.45) is 0. The summed E-state index contributed by atoms with van der Waals surface area (Å²) in [5.41, 5.74) is 1.12. The van der Waals surface area contributed by atoms with Gasteiger partial charge in [0, 0.05) is 20.2 Å². The molecule has 23 heavy (non-hydrogen) atoms. The lowest BCUT2D eigenvalue weighted by Crippen LogP contribution is -2.39. The third-order valence-corrected chi connectivity index (χ3v) is 2.90. The van der Waals surface area contributed by atoms with Crippen LogP contribution in [0.25, 0.3) is 0 Å². The molecule has 1 aromatic carbocycles. The highest BCUT2D eigenvalue weighted by atomic mass is 127. The van der Waals surface area contributed by atoms with Gasteiger partial charge in [-0.15, -0.1) is 24.0 Å². The molecule has 0 aromatic heterocycles. The van der Waals surface area contributed by atoms with E-state index in [1.54, 1.807) is 7.11 Å². The number of aliphatic imine (C=N–C) groups is 1. The summed E-state index contributed by atoms with van der Waals surface area (Å²) < 4.78 is 10.6. The molecule has 0 unspecified atom stereocenters. The molecule has 6 heteroatoms. The Morgan fingerprint density at radius 2 is 2.00 bits per heavy atom. The minimum atomic E-state index is 0. The van der Waals surface area contributed by atoms with Crippen LogP contribution in [0.15, 0.2) is 29.3 Å². The van der Waals surface area contributed by atoms with E-state index in [-0.39, 0.29) is 24.0 Å². The Hall–Kier alpha value is -1.02. The molecule has 0 aliphatic carbocycles. The summed E-state index contributed by atoms with van der Waals surface area (Å²) in [4.78, 5) is 4.61. The van der Waals surface area contributed by atoms with Crippen molar-refractivity contribution >= 4 is 29.9 Å². The zero-order chi connectivity index (χ0) is 16.2. The fourth-order valence-corrected chi connectivity index (χ4v) is 1.79. The van der Waals surface area contributed by atoms with E-state index in [9.17, 15) is 0 Å². The zero-order valence-electron chi connectivity index (χ0n) is 14.6. The van der Waals surface area contributed by atoms with E-state index in [2.05, 4.69) is 42.5 Å². The minimum absolute atomic E-state index is 0. The van der Waals surface area contributed by atoms with Gasteiger partial charge < -0.3 is 20.1 Å². The summed E-state index contributed by atoms with van der Waals surface area (Å²) in [7, 11) is 1.67. The Morgan fingerprint density at radius 1 is 1.22 bits per heavy atom. The SMILES string of the molecule is CCNC(=NCc1cccc(OCCOC)c1)NCC(C)C.I. The maximum atomic E-state index is 5.62. The molecular formula is C17H30IN3O2. The Labute approximate surface area is 157 Å². The van der Waals surface area contributed by atoms with E-state index in [4.69, 9.17) is 9.47 Å². The number of nitrogens with one attached hydrogen (secondary N) is 2. The quantitative estimate of drug-likeness (QED) is 0.271. The summed E-state index contributed by atoms with van der Waals surface area (Å²) in [5.74, 6) is 2.29. The van der Waals surface area contributed by atoms with Gasteiger partial charge in [-0.05, 0) is 30.5 Å². The van der Waals surface area contributed by atoms with Crippen LogP contribution in [0.3, 0.4) is 0 Å². The fraction of sp³-hybridized carbons (Fsp3) is 0.588. The predicted octanol–water partition coefficient (Wildman–Crippen LogP) is 3.04. The summed E-state index contributed by atoms with van der Waals surface area (Å²) in [5, 5.41) is 6.59. The summed E-state index contributed by atoms with van der Waals surface area (Å²) in [6, 6.07) is 8.01. The monoisotopic (exact) mass is 435 g/mol. The average molecular weight is 435 g/mol. The molecule has 0 radical (unpaired) electrons. The standard InChI is InChI=1S/C17H29N3O2.HI/c1-5-18-17(19-12-14(2)3)20-13-15-7-6-8-16(11-15)22-10-9-21-4;/h6-8,11,14H,5,9-10,12-13H2,1-4H3,(H2,18,19,20);1H. The molecule has 0 fully saturated rings. The van der Waals surface area contributed by atoms with Crippen LogP contribution in [0.1, 0.15) is 26.3 Å². The van der Waals surface area contributed by atoms with Crippen molar-refractivity contribution in [2.24, 2.45) is 10.9 Å². The largest absolute Gasteiger partial charge is 0.491 e. The Kier molecular flexibility index (Phi) is 12.8. The van der Waals surface area contributed by atoms with Crippen LogP contribution < -0.4 is 15.4 Å². The van der Waals surface area contributed by atoms with Crippen LogP contribution in [0, 0.1) is 5.92 Å². The van der Waals surface area contributed by atoms with Crippen molar-refractivity contribution in [3.8, 4) is 5.75 Å². The first-order chi connectivity index (χ1) is 10.7. The summed E-state index contributed by atoms with van der Waals surface area (Å²) in [6.45, 7) is 9.95. The van der Waals surface area contributed by atoms with Crippen LogP contribution in [0.4, 0.5) is 0 Å². The molecule has 0 saturated carbocycles. The molecule has 0 aliphatic rings. The third kappa shape index (κ3) is 10.4. The van der Waals surface area contributed by atoms with Gasteiger partial charge in [-0.2, -0.15) is 0 Å². The predicted molar refractivity (Wildman–Crippen MR) is 107 cm³/mol. The Bertz CT molecular complexity index is 453. The van der Waals surface area contributed by atoms with Crippen LogP contribution in [0.2, 0.25) is 0 Å². The number of halogens is 1. The van der Waals surface area contributed by atoms with Gasteiger partial charge in [0.2, 0.25) is 0 Å². The number of guanidine groups is 1. The molecule has 2 N–H and O–H groups in total. The molecule has 0 spiro atoms. The highest BCUT2D eigenvalue weighted by molar-refractivity contribution is 14.0. The number of ether oxygens (including phenoxy) is 2. The zero-order valence-corrected chi connectivity index (χ0v) is 16.9. The molecule has 0 atom stereocenters. The Balaban J connectivity index is 0.00000484. The smallest absolute Gasteiger partial charge is 0.191 e. The van der Waals surface area contributed by atoms with Gasteiger partial charge >= 0.3 is 0 Å². The first kappa shape index (κ1) is 22.0. The highest BCUT2D eigenvalue weighted by Crippen LogP contribution is 2.14. The fourth-order valence-electron chi connectivity index (χ4n) is 1.79. The van der Waals surface area contributed by atoms with Crippen LogP contribution in [0.5, 0.6) is 5.75 Å². The van der Waals surface area contributed by atoms with Crippen molar-refractivity contribution in [2.75, 3.05) is 33.4 Å². The highest BCUT2D eigenvalue weighted by Gasteiger charge is 2.00. The van der Waals surface area contributed by atoms with Gasteiger partial charge in [-0.1, -0.05) is 26.0 Å². The number of hydrogen-bond donors (Lipinski definition) is 2. The van der Waals surface area contributed by atoms with Gasteiger partial charge in [0.05, 0.1) is 13.2 Å². The third-order valence-electron chi connectivity index (χ3n) is 2.90. The lowest BCUT2D eigenvalue weighted by molar-refractivity contribution is 0.146. The van der Waals surface area contributed by atoms with Crippen molar-refractivity contribution in [3.05, 3.63) is 29.8 Å². The van der Waals surface area contributed by atoms with Gasteiger partial charge in [-0.25, -0.2) is 4.99 Å².